The Bertz CT molecular complexity index is 337. The lowest BCUT2D eigenvalue weighted by Gasteiger charge is -2.08. The lowest BCUT2D eigenvalue weighted by atomic mass is 10.1. The van der Waals surface area contributed by atoms with Crippen molar-refractivity contribution in [2.45, 2.75) is 13.3 Å². The number of benzene rings is 1. The number of ether oxygens (including phenoxy) is 1. The minimum absolute atomic E-state index is 0.0233. The van der Waals surface area contributed by atoms with E-state index in [0.717, 1.165) is 5.56 Å². The van der Waals surface area contributed by atoms with E-state index in [2.05, 4.69) is 0 Å². The molecule has 0 amide bonds. The lowest BCUT2D eigenvalue weighted by Crippen LogP contribution is -2.01. The van der Waals surface area contributed by atoms with Crippen molar-refractivity contribution in [1.82, 2.24) is 0 Å². The third kappa shape index (κ3) is 2.39. The number of halogens is 1. The van der Waals surface area contributed by atoms with E-state index < -0.39 is 5.97 Å². The summed E-state index contributed by atoms with van der Waals surface area (Å²) in [5.74, 6) is -0.272. The molecule has 0 spiro atoms. The molecule has 0 aliphatic heterocycles. The van der Waals surface area contributed by atoms with Gasteiger partial charge < -0.3 is 9.84 Å². The quantitative estimate of drug-likeness (QED) is 0.840. The van der Waals surface area contributed by atoms with E-state index in [-0.39, 0.29) is 6.42 Å². The molecule has 1 rings (SSSR count). The first kappa shape index (κ1) is 10.9. The van der Waals surface area contributed by atoms with Crippen molar-refractivity contribution in [2.75, 3.05) is 7.11 Å². The van der Waals surface area contributed by atoms with Gasteiger partial charge in [0, 0.05) is 0 Å². The molecule has 3 nitrogen and oxygen atoms in total. The molecule has 0 aliphatic rings. The molecule has 0 aliphatic carbocycles. The second-order valence-electron chi connectivity index (χ2n) is 3.00. The van der Waals surface area contributed by atoms with Crippen LogP contribution in [0.4, 0.5) is 0 Å². The summed E-state index contributed by atoms with van der Waals surface area (Å²) in [6.07, 6.45) is -0.0233. The van der Waals surface area contributed by atoms with E-state index in [4.69, 9.17) is 21.4 Å². The minimum atomic E-state index is -0.870. The number of aryl methyl sites for hydroxylation is 1. The average Bonchev–Trinajstić information content (AvgIpc) is 2.01. The first-order valence-electron chi connectivity index (χ1n) is 4.09. The molecule has 0 aromatic heterocycles. The van der Waals surface area contributed by atoms with E-state index in [9.17, 15) is 4.79 Å². The van der Waals surface area contributed by atoms with E-state index in [1.165, 1.54) is 7.11 Å². The molecule has 0 bridgehead atoms. The van der Waals surface area contributed by atoms with Crippen molar-refractivity contribution in [2.24, 2.45) is 0 Å². The molecule has 0 radical (unpaired) electrons. The Balaban J connectivity index is 3.07. The van der Waals surface area contributed by atoms with Gasteiger partial charge in [0.1, 0.15) is 5.75 Å². The molecular formula is C10H11ClO3. The lowest BCUT2D eigenvalue weighted by molar-refractivity contribution is -0.136. The van der Waals surface area contributed by atoms with E-state index in [0.29, 0.717) is 16.3 Å². The Hall–Kier alpha value is -1.22. The summed E-state index contributed by atoms with van der Waals surface area (Å²) < 4.78 is 5.06. The third-order valence-corrected chi connectivity index (χ3v) is 2.13. The maximum Gasteiger partial charge on any atom is 0.307 e. The highest BCUT2D eigenvalue weighted by Crippen LogP contribution is 2.29. The molecular weight excluding hydrogens is 204 g/mol. The third-order valence-electron chi connectivity index (χ3n) is 1.85. The fraction of sp³-hybridized carbons (Fsp3) is 0.300. The van der Waals surface area contributed by atoms with Crippen molar-refractivity contribution in [3.05, 3.63) is 28.3 Å². The van der Waals surface area contributed by atoms with Crippen LogP contribution < -0.4 is 4.74 Å². The largest absolute Gasteiger partial charge is 0.495 e. The van der Waals surface area contributed by atoms with Crippen molar-refractivity contribution in [1.29, 1.82) is 0 Å². The number of methoxy groups -OCH3 is 1. The predicted octanol–water partition coefficient (Wildman–Crippen LogP) is 2.28. The van der Waals surface area contributed by atoms with Crippen molar-refractivity contribution in [3.8, 4) is 5.75 Å². The van der Waals surface area contributed by atoms with E-state index in [1.54, 1.807) is 12.1 Å². The van der Waals surface area contributed by atoms with Crippen LogP contribution in [0.15, 0.2) is 12.1 Å². The van der Waals surface area contributed by atoms with Gasteiger partial charge in [-0.2, -0.15) is 0 Å². The zero-order valence-corrected chi connectivity index (χ0v) is 8.76. The number of hydrogen-bond acceptors (Lipinski definition) is 2. The van der Waals surface area contributed by atoms with Crippen LogP contribution in [-0.4, -0.2) is 18.2 Å². The van der Waals surface area contributed by atoms with Gasteiger partial charge >= 0.3 is 5.97 Å². The summed E-state index contributed by atoms with van der Waals surface area (Å²) in [5.41, 5.74) is 1.53. The Morgan fingerprint density at radius 3 is 2.64 bits per heavy atom. The van der Waals surface area contributed by atoms with Crippen LogP contribution in [0.25, 0.3) is 0 Å². The van der Waals surface area contributed by atoms with Crippen LogP contribution >= 0.6 is 11.6 Å². The Kier molecular flexibility index (Phi) is 3.36. The molecule has 0 fully saturated rings. The van der Waals surface area contributed by atoms with Crippen LogP contribution in [0.3, 0.4) is 0 Å². The van der Waals surface area contributed by atoms with Gasteiger partial charge in [-0.3, -0.25) is 4.79 Å². The van der Waals surface area contributed by atoms with Gasteiger partial charge in [0.15, 0.2) is 0 Å². The molecule has 14 heavy (non-hydrogen) atoms. The van der Waals surface area contributed by atoms with Gasteiger partial charge in [-0.05, 0) is 24.1 Å². The van der Waals surface area contributed by atoms with Crippen LogP contribution in [-0.2, 0) is 11.2 Å². The molecule has 1 aromatic rings. The molecule has 0 heterocycles. The van der Waals surface area contributed by atoms with Crippen LogP contribution in [0, 0.1) is 6.92 Å². The van der Waals surface area contributed by atoms with Gasteiger partial charge in [0.2, 0.25) is 0 Å². The standard InChI is InChI=1S/C10H11ClO3/c1-6-3-7(5-9(12)13)4-8(11)10(6)14-2/h3-4H,5H2,1-2H3,(H,12,13). The zero-order chi connectivity index (χ0) is 10.7. The summed E-state index contributed by atoms with van der Waals surface area (Å²) in [5, 5.41) is 9.05. The van der Waals surface area contributed by atoms with Crippen LogP contribution in [0.2, 0.25) is 5.02 Å². The van der Waals surface area contributed by atoms with Gasteiger partial charge in [0.05, 0.1) is 18.6 Å². The Morgan fingerprint density at radius 2 is 2.21 bits per heavy atom. The summed E-state index contributed by atoms with van der Waals surface area (Å²) >= 11 is 5.90. The van der Waals surface area contributed by atoms with Gasteiger partial charge in [-0.15, -0.1) is 0 Å². The molecule has 0 saturated carbocycles. The van der Waals surface area contributed by atoms with Crippen LogP contribution in [0.5, 0.6) is 5.75 Å². The van der Waals surface area contributed by atoms with Gasteiger partial charge in [-0.25, -0.2) is 0 Å². The Labute approximate surface area is 87.3 Å². The monoisotopic (exact) mass is 214 g/mol. The summed E-state index contributed by atoms with van der Waals surface area (Å²) in [6, 6.07) is 3.38. The average molecular weight is 215 g/mol. The molecule has 1 N–H and O–H groups in total. The maximum absolute atomic E-state index is 10.5. The summed E-state index contributed by atoms with van der Waals surface area (Å²) in [6.45, 7) is 1.83. The van der Waals surface area contributed by atoms with E-state index >= 15 is 0 Å². The highest BCUT2D eigenvalue weighted by Gasteiger charge is 2.08. The fourth-order valence-electron chi connectivity index (χ4n) is 1.34. The minimum Gasteiger partial charge on any atom is -0.495 e. The number of carboxylic acid groups (broad SMARTS) is 1. The Morgan fingerprint density at radius 1 is 1.57 bits per heavy atom. The molecule has 0 saturated heterocycles. The normalized spacial score (nSPS) is 9.93. The van der Waals surface area contributed by atoms with Gasteiger partial charge in [0.25, 0.3) is 0 Å². The predicted molar refractivity (Wildman–Crippen MR) is 54.1 cm³/mol. The highest BCUT2D eigenvalue weighted by atomic mass is 35.5. The SMILES string of the molecule is COc1c(C)cc(CC(=O)O)cc1Cl. The number of carbonyl (C=O) groups is 1. The summed E-state index contributed by atoms with van der Waals surface area (Å²) in [7, 11) is 1.53. The molecule has 1 aromatic carbocycles. The zero-order valence-electron chi connectivity index (χ0n) is 8.00. The van der Waals surface area contributed by atoms with Crippen molar-refractivity contribution in [3.63, 3.8) is 0 Å². The van der Waals surface area contributed by atoms with Crippen molar-refractivity contribution < 1.29 is 14.6 Å². The van der Waals surface area contributed by atoms with Crippen molar-refractivity contribution >= 4 is 17.6 Å². The number of hydrogen-bond donors (Lipinski definition) is 1. The smallest absolute Gasteiger partial charge is 0.307 e. The number of carboxylic acids is 1. The molecule has 0 atom stereocenters. The molecule has 0 unspecified atom stereocenters. The first-order chi connectivity index (χ1) is 6.54. The second kappa shape index (κ2) is 4.33. The summed E-state index contributed by atoms with van der Waals surface area (Å²) in [4.78, 5) is 10.5. The van der Waals surface area contributed by atoms with E-state index in [1.807, 2.05) is 6.92 Å². The number of aliphatic carboxylic acids is 1. The number of rotatable bonds is 3. The first-order valence-corrected chi connectivity index (χ1v) is 4.47. The second-order valence-corrected chi connectivity index (χ2v) is 3.41. The maximum atomic E-state index is 10.5. The molecule has 76 valence electrons. The fourth-order valence-corrected chi connectivity index (χ4v) is 1.70. The highest BCUT2D eigenvalue weighted by molar-refractivity contribution is 6.32. The topological polar surface area (TPSA) is 46.5 Å². The van der Waals surface area contributed by atoms with Gasteiger partial charge in [-0.1, -0.05) is 17.7 Å². The molecule has 4 heteroatoms. The van der Waals surface area contributed by atoms with Crippen LogP contribution in [0.1, 0.15) is 11.1 Å².